The summed E-state index contributed by atoms with van der Waals surface area (Å²) >= 11 is 0. The van der Waals surface area contributed by atoms with Crippen molar-refractivity contribution in [1.29, 1.82) is 0 Å². The van der Waals surface area contributed by atoms with Crippen molar-refractivity contribution in [2.45, 2.75) is 51.6 Å². The molecule has 1 aromatic carbocycles. The van der Waals surface area contributed by atoms with Crippen molar-refractivity contribution in [2.24, 2.45) is 0 Å². The second-order valence-corrected chi connectivity index (χ2v) is 6.08. The minimum Gasteiger partial charge on any atom is -0.479 e. The monoisotopic (exact) mass is 335 g/mol. The molecule has 0 aliphatic rings. The smallest absolute Gasteiger partial charge is 0.337 e. The summed E-state index contributed by atoms with van der Waals surface area (Å²) in [4.78, 5) is 34.4. The highest BCUT2D eigenvalue weighted by atomic mass is 16.4. The minimum atomic E-state index is -2.02. The van der Waals surface area contributed by atoms with Crippen LogP contribution in [-0.2, 0) is 16.0 Å². The van der Waals surface area contributed by atoms with Crippen molar-refractivity contribution in [2.75, 3.05) is 6.54 Å². The second-order valence-electron chi connectivity index (χ2n) is 6.08. The Morgan fingerprint density at radius 3 is 2.29 bits per heavy atom. The molecule has 132 valence electrons. The normalized spacial score (nSPS) is 13.1. The number of ketones is 1. The number of benzene rings is 1. The van der Waals surface area contributed by atoms with Crippen LogP contribution in [-0.4, -0.2) is 40.0 Å². The number of carboxylic acid groups (broad SMARTS) is 1. The van der Waals surface area contributed by atoms with Crippen LogP contribution in [0.15, 0.2) is 24.3 Å². The van der Waals surface area contributed by atoms with Gasteiger partial charge in [0.15, 0.2) is 11.4 Å². The van der Waals surface area contributed by atoms with E-state index in [1.165, 1.54) is 5.56 Å². The maximum Gasteiger partial charge on any atom is 0.337 e. The largest absolute Gasteiger partial charge is 0.479 e. The average molecular weight is 335 g/mol. The van der Waals surface area contributed by atoms with Gasteiger partial charge in [-0.3, -0.25) is 9.59 Å². The Hall–Kier alpha value is -2.21. The predicted octanol–water partition coefficient (Wildman–Crippen LogP) is 1.94. The number of carboxylic acids is 1. The van der Waals surface area contributed by atoms with Crippen LogP contribution < -0.4 is 5.32 Å². The first-order valence-electron chi connectivity index (χ1n) is 8.11. The van der Waals surface area contributed by atoms with Gasteiger partial charge in [0.2, 0.25) is 5.91 Å². The lowest BCUT2D eigenvalue weighted by molar-refractivity contribution is -0.156. The van der Waals surface area contributed by atoms with Crippen LogP contribution in [0.4, 0.5) is 0 Å². The number of nitrogens with one attached hydrogen (secondary N) is 1. The Morgan fingerprint density at radius 2 is 1.75 bits per heavy atom. The molecule has 1 atom stereocenters. The van der Waals surface area contributed by atoms with E-state index >= 15 is 0 Å². The third kappa shape index (κ3) is 6.50. The third-order valence-corrected chi connectivity index (χ3v) is 3.76. The first-order valence-corrected chi connectivity index (χ1v) is 8.11. The molecule has 0 radical (unpaired) electrons. The summed E-state index contributed by atoms with van der Waals surface area (Å²) in [6.45, 7) is 2.82. The summed E-state index contributed by atoms with van der Waals surface area (Å²) in [7, 11) is 0. The topological polar surface area (TPSA) is 104 Å². The molecule has 0 saturated carbocycles. The van der Waals surface area contributed by atoms with Gasteiger partial charge in [0, 0.05) is 18.4 Å². The van der Waals surface area contributed by atoms with Crippen LogP contribution in [0.1, 0.15) is 55.5 Å². The summed E-state index contributed by atoms with van der Waals surface area (Å²) in [6, 6.07) is 7.38. The molecule has 24 heavy (non-hydrogen) atoms. The molecule has 1 amide bonds. The zero-order valence-corrected chi connectivity index (χ0v) is 14.2. The van der Waals surface area contributed by atoms with E-state index in [0.29, 0.717) is 5.56 Å². The Bertz CT molecular complexity index is 578. The van der Waals surface area contributed by atoms with Gasteiger partial charge in [-0.25, -0.2) is 4.79 Å². The summed E-state index contributed by atoms with van der Waals surface area (Å²) < 4.78 is 0. The fraction of sp³-hybridized carbons (Fsp3) is 0.500. The standard InChI is InChI=1S/C18H25NO5/c1-3-4-5-13-6-8-14(9-7-13)15(20)10-11-16(21)19-12-18(2,24)17(22)23/h6-9,24H,3-5,10-12H2,1-2H3,(H,19,21)(H,22,23). The second kappa shape index (κ2) is 9.17. The molecule has 0 spiro atoms. The van der Waals surface area contributed by atoms with Gasteiger partial charge >= 0.3 is 5.97 Å². The number of amides is 1. The van der Waals surface area contributed by atoms with Crippen molar-refractivity contribution >= 4 is 17.7 Å². The van der Waals surface area contributed by atoms with Crippen LogP contribution in [0.2, 0.25) is 0 Å². The molecule has 0 aromatic heterocycles. The van der Waals surface area contributed by atoms with Crippen LogP contribution in [0, 0.1) is 0 Å². The van der Waals surface area contributed by atoms with E-state index in [9.17, 15) is 19.5 Å². The molecule has 0 bridgehead atoms. The number of carbonyl (C=O) groups is 3. The predicted molar refractivity (Wildman–Crippen MR) is 89.9 cm³/mol. The number of hydrogen-bond donors (Lipinski definition) is 3. The fourth-order valence-electron chi connectivity index (χ4n) is 2.04. The number of Topliss-reactive ketones (excluding diaryl/α,β-unsaturated/α-hetero) is 1. The highest BCUT2D eigenvalue weighted by Crippen LogP contribution is 2.11. The Kier molecular flexibility index (Phi) is 7.58. The van der Waals surface area contributed by atoms with Crippen LogP contribution in [0.25, 0.3) is 0 Å². The number of hydrogen-bond acceptors (Lipinski definition) is 4. The zero-order chi connectivity index (χ0) is 18.2. The number of rotatable bonds is 10. The van der Waals surface area contributed by atoms with Gasteiger partial charge in [0.05, 0.1) is 6.54 Å². The molecule has 0 saturated heterocycles. The van der Waals surface area contributed by atoms with E-state index in [1.807, 2.05) is 12.1 Å². The third-order valence-electron chi connectivity index (χ3n) is 3.76. The Labute approximate surface area is 141 Å². The van der Waals surface area contributed by atoms with Gasteiger partial charge in [-0.05, 0) is 25.3 Å². The van der Waals surface area contributed by atoms with Gasteiger partial charge in [-0.2, -0.15) is 0 Å². The summed E-state index contributed by atoms with van der Waals surface area (Å²) in [5.74, 6) is -2.02. The molecular formula is C18H25NO5. The maximum absolute atomic E-state index is 12.1. The molecule has 6 heteroatoms. The highest BCUT2D eigenvalue weighted by molar-refractivity contribution is 5.98. The van der Waals surface area contributed by atoms with E-state index in [4.69, 9.17) is 5.11 Å². The zero-order valence-electron chi connectivity index (χ0n) is 14.2. The lowest BCUT2D eigenvalue weighted by atomic mass is 10.0. The van der Waals surface area contributed by atoms with E-state index in [-0.39, 0.29) is 18.6 Å². The summed E-state index contributed by atoms with van der Waals surface area (Å²) in [5.41, 5.74) is -0.281. The van der Waals surface area contributed by atoms with E-state index < -0.39 is 24.0 Å². The number of aliphatic carboxylic acids is 1. The van der Waals surface area contributed by atoms with Gasteiger partial charge < -0.3 is 15.5 Å². The summed E-state index contributed by atoms with van der Waals surface area (Å²) in [5, 5.41) is 20.6. The van der Waals surface area contributed by atoms with Crippen LogP contribution >= 0.6 is 0 Å². The molecule has 1 rings (SSSR count). The summed E-state index contributed by atoms with van der Waals surface area (Å²) in [6.07, 6.45) is 3.19. The molecule has 0 fully saturated rings. The van der Waals surface area contributed by atoms with Gasteiger partial charge in [0.25, 0.3) is 0 Å². The lowest BCUT2D eigenvalue weighted by Crippen LogP contribution is -2.46. The molecular weight excluding hydrogens is 310 g/mol. The minimum absolute atomic E-state index is 0.0371. The number of unbranched alkanes of at least 4 members (excludes halogenated alkanes) is 1. The lowest BCUT2D eigenvalue weighted by Gasteiger charge is -2.18. The number of carbonyl (C=O) groups excluding carboxylic acids is 2. The van der Waals surface area contributed by atoms with Crippen molar-refractivity contribution in [1.82, 2.24) is 5.32 Å². The highest BCUT2D eigenvalue weighted by Gasteiger charge is 2.30. The van der Waals surface area contributed by atoms with Crippen molar-refractivity contribution in [3.05, 3.63) is 35.4 Å². The molecule has 0 aliphatic heterocycles. The first-order chi connectivity index (χ1) is 11.3. The molecule has 1 aromatic rings. The van der Waals surface area contributed by atoms with E-state index in [2.05, 4.69) is 12.2 Å². The van der Waals surface area contributed by atoms with E-state index in [0.717, 1.165) is 26.2 Å². The molecule has 0 aliphatic carbocycles. The van der Waals surface area contributed by atoms with Crippen molar-refractivity contribution in [3.63, 3.8) is 0 Å². The van der Waals surface area contributed by atoms with Gasteiger partial charge in [0.1, 0.15) is 0 Å². The molecule has 3 N–H and O–H groups in total. The average Bonchev–Trinajstić information content (AvgIpc) is 2.56. The number of aliphatic hydroxyl groups is 1. The molecule has 6 nitrogen and oxygen atoms in total. The number of aryl methyl sites for hydroxylation is 1. The van der Waals surface area contributed by atoms with Crippen molar-refractivity contribution in [3.8, 4) is 0 Å². The van der Waals surface area contributed by atoms with Gasteiger partial charge in [-0.15, -0.1) is 0 Å². The van der Waals surface area contributed by atoms with Crippen LogP contribution in [0.3, 0.4) is 0 Å². The fourth-order valence-corrected chi connectivity index (χ4v) is 2.04. The maximum atomic E-state index is 12.1. The molecule has 1 unspecified atom stereocenters. The Morgan fingerprint density at radius 1 is 1.12 bits per heavy atom. The van der Waals surface area contributed by atoms with Crippen molar-refractivity contribution < 1.29 is 24.6 Å². The first kappa shape index (κ1) is 19.8. The Balaban J connectivity index is 2.42. The van der Waals surface area contributed by atoms with Crippen LogP contribution in [0.5, 0.6) is 0 Å². The van der Waals surface area contributed by atoms with Gasteiger partial charge in [-0.1, -0.05) is 37.6 Å². The van der Waals surface area contributed by atoms with E-state index in [1.54, 1.807) is 12.1 Å². The molecule has 0 heterocycles. The quantitative estimate of drug-likeness (QED) is 0.567. The SMILES string of the molecule is CCCCc1ccc(C(=O)CCC(=O)NCC(C)(O)C(=O)O)cc1.